The summed E-state index contributed by atoms with van der Waals surface area (Å²) in [5.41, 5.74) is 2.43. The molecule has 0 aromatic heterocycles. The summed E-state index contributed by atoms with van der Waals surface area (Å²) in [6.07, 6.45) is 1.61. The number of nitrogens with zero attached hydrogens (tertiary/aromatic N) is 4. The third kappa shape index (κ3) is 4.17. The Morgan fingerprint density at radius 1 is 1.13 bits per heavy atom. The molecule has 30 heavy (non-hydrogen) atoms. The summed E-state index contributed by atoms with van der Waals surface area (Å²) in [5, 5.41) is 17.8. The molecule has 1 aliphatic rings. The number of nitro groups is 1. The molecule has 156 valence electrons. The minimum atomic E-state index is -0.408. The second-order valence-electron chi connectivity index (χ2n) is 6.64. The van der Waals surface area contributed by atoms with Gasteiger partial charge >= 0.3 is 0 Å². The largest absolute Gasteiger partial charge is 0.367 e. The van der Waals surface area contributed by atoms with Crippen molar-refractivity contribution in [3.05, 3.63) is 67.7 Å². The number of hydrogen-bond acceptors (Lipinski definition) is 5. The number of hydrazone groups is 1. The van der Waals surface area contributed by atoms with Crippen LogP contribution < -0.4 is 9.91 Å². The Hall–Kier alpha value is -2.90. The molecule has 0 bridgehead atoms. The van der Waals surface area contributed by atoms with Gasteiger partial charge in [-0.05, 0) is 56.7 Å². The van der Waals surface area contributed by atoms with Crippen LogP contribution in [0.4, 0.5) is 17.1 Å². The van der Waals surface area contributed by atoms with Crippen LogP contribution in [0.3, 0.4) is 0 Å². The van der Waals surface area contributed by atoms with Gasteiger partial charge in [-0.25, -0.2) is 0 Å². The molecule has 0 saturated carbocycles. The smallest absolute Gasteiger partial charge is 0.293 e. The third-order valence-electron chi connectivity index (χ3n) is 4.82. The van der Waals surface area contributed by atoms with Gasteiger partial charge in [0.25, 0.3) is 11.6 Å². The number of amides is 1. The first kappa shape index (κ1) is 21.8. The molecule has 1 aliphatic heterocycles. The Kier molecular flexibility index (Phi) is 6.43. The predicted octanol–water partition coefficient (Wildman–Crippen LogP) is 5.55. The van der Waals surface area contributed by atoms with Crippen LogP contribution in [0.15, 0.2) is 47.1 Å². The van der Waals surface area contributed by atoms with Crippen molar-refractivity contribution in [3.8, 4) is 0 Å². The minimum absolute atomic E-state index is 0.00516. The van der Waals surface area contributed by atoms with Crippen LogP contribution in [-0.2, 0) is 4.79 Å². The van der Waals surface area contributed by atoms with Gasteiger partial charge in [0, 0.05) is 19.2 Å². The van der Waals surface area contributed by atoms with Crippen LogP contribution in [0.5, 0.6) is 0 Å². The van der Waals surface area contributed by atoms with Gasteiger partial charge in [0.15, 0.2) is 0 Å². The van der Waals surface area contributed by atoms with Crippen LogP contribution in [0.25, 0.3) is 6.08 Å². The summed E-state index contributed by atoms with van der Waals surface area (Å²) in [7, 11) is 0. The number of anilines is 2. The van der Waals surface area contributed by atoms with Gasteiger partial charge in [0.1, 0.15) is 5.69 Å². The van der Waals surface area contributed by atoms with Crippen LogP contribution in [0.1, 0.15) is 26.3 Å². The highest BCUT2D eigenvalue weighted by molar-refractivity contribution is 6.42. The summed E-state index contributed by atoms with van der Waals surface area (Å²) in [5.74, 6) is -0.346. The highest BCUT2D eigenvalue weighted by Crippen LogP contribution is 2.33. The highest BCUT2D eigenvalue weighted by Gasteiger charge is 2.29. The quantitative estimate of drug-likeness (QED) is 0.330. The Balaban J connectivity index is 1.98. The van der Waals surface area contributed by atoms with E-state index in [1.807, 2.05) is 18.7 Å². The van der Waals surface area contributed by atoms with Gasteiger partial charge in [-0.2, -0.15) is 10.1 Å². The molecule has 0 radical (unpaired) electrons. The molecular formula is C21H20Cl2N4O3. The second kappa shape index (κ2) is 8.85. The molecule has 0 spiro atoms. The Morgan fingerprint density at radius 3 is 2.43 bits per heavy atom. The van der Waals surface area contributed by atoms with E-state index in [1.54, 1.807) is 43.3 Å². The zero-order chi connectivity index (χ0) is 22.0. The first-order valence-corrected chi connectivity index (χ1v) is 10.1. The number of benzene rings is 2. The van der Waals surface area contributed by atoms with Crippen LogP contribution in [0.2, 0.25) is 10.0 Å². The van der Waals surface area contributed by atoms with Gasteiger partial charge in [-0.3, -0.25) is 14.9 Å². The fourth-order valence-electron chi connectivity index (χ4n) is 3.25. The number of carbonyl (C=O) groups is 1. The normalized spacial score (nSPS) is 15.0. The lowest BCUT2D eigenvalue weighted by Gasteiger charge is -2.20. The Bertz CT molecular complexity index is 1080. The van der Waals surface area contributed by atoms with Gasteiger partial charge in [0.2, 0.25) is 0 Å². The van der Waals surface area contributed by atoms with E-state index in [-0.39, 0.29) is 11.6 Å². The van der Waals surface area contributed by atoms with E-state index in [4.69, 9.17) is 23.2 Å². The topological polar surface area (TPSA) is 79.0 Å². The minimum Gasteiger partial charge on any atom is -0.367 e. The van der Waals surface area contributed by atoms with E-state index in [1.165, 1.54) is 11.1 Å². The molecule has 3 rings (SSSR count). The third-order valence-corrected chi connectivity index (χ3v) is 5.56. The average molecular weight is 447 g/mol. The van der Waals surface area contributed by atoms with Gasteiger partial charge in [-0.1, -0.05) is 29.3 Å². The average Bonchev–Trinajstić information content (AvgIpc) is 3.00. The SMILES string of the molecule is CCN(CC)c1ccc(/C=C2/C(=O)N(c3ccc(Cl)c(Cl)c3)N=C2C)cc1[N+](=O)[O-]. The Morgan fingerprint density at radius 2 is 1.83 bits per heavy atom. The summed E-state index contributed by atoms with van der Waals surface area (Å²) < 4.78 is 0. The molecule has 2 aromatic carbocycles. The maximum atomic E-state index is 12.9. The molecular weight excluding hydrogens is 427 g/mol. The van der Waals surface area contributed by atoms with Crippen molar-refractivity contribution < 1.29 is 9.72 Å². The summed E-state index contributed by atoms with van der Waals surface area (Å²) >= 11 is 12.0. The van der Waals surface area contributed by atoms with E-state index in [2.05, 4.69) is 5.10 Å². The standard InChI is InChI=1S/C21H20Cl2N4O3/c1-4-25(5-2)19-9-6-14(11-20(19)27(29)30)10-16-13(3)24-26(21(16)28)15-7-8-17(22)18(23)12-15/h6-12H,4-5H2,1-3H3/b16-10+. The number of rotatable bonds is 6. The number of carbonyl (C=O) groups excluding carboxylic acids is 1. The van der Waals surface area contributed by atoms with Crippen LogP contribution in [0, 0.1) is 10.1 Å². The lowest BCUT2D eigenvalue weighted by Crippen LogP contribution is -2.22. The predicted molar refractivity (Wildman–Crippen MR) is 122 cm³/mol. The molecule has 0 unspecified atom stereocenters. The summed E-state index contributed by atoms with van der Waals surface area (Å²) in [6.45, 7) is 6.90. The van der Waals surface area contributed by atoms with Gasteiger partial charge in [0.05, 0.1) is 31.9 Å². The zero-order valence-corrected chi connectivity index (χ0v) is 18.2. The molecule has 7 nitrogen and oxygen atoms in total. The molecule has 0 saturated heterocycles. The van der Waals surface area contributed by atoms with Crippen molar-refractivity contribution in [2.45, 2.75) is 20.8 Å². The fourth-order valence-corrected chi connectivity index (χ4v) is 3.54. The van der Waals surface area contributed by atoms with Crippen LogP contribution in [-0.4, -0.2) is 29.6 Å². The number of nitro benzene ring substituents is 1. The van der Waals surface area contributed by atoms with Crippen LogP contribution >= 0.6 is 23.2 Å². The van der Waals surface area contributed by atoms with E-state index in [0.29, 0.717) is 51.4 Å². The first-order chi connectivity index (χ1) is 14.3. The molecule has 0 N–H and O–H groups in total. The molecule has 0 fully saturated rings. The molecule has 0 atom stereocenters. The van der Waals surface area contributed by atoms with Gasteiger partial charge < -0.3 is 4.90 Å². The molecule has 9 heteroatoms. The molecule has 1 amide bonds. The van der Waals surface area contributed by atoms with Crippen molar-refractivity contribution in [2.24, 2.45) is 5.10 Å². The maximum absolute atomic E-state index is 12.9. The van der Waals surface area contributed by atoms with Gasteiger partial charge in [-0.15, -0.1) is 0 Å². The van der Waals surface area contributed by atoms with Crippen molar-refractivity contribution in [1.82, 2.24) is 0 Å². The second-order valence-corrected chi connectivity index (χ2v) is 7.45. The van der Waals surface area contributed by atoms with Crippen molar-refractivity contribution in [3.63, 3.8) is 0 Å². The maximum Gasteiger partial charge on any atom is 0.293 e. The van der Waals surface area contributed by atoms with Crippen molar-refractivity contribution in [2.75, 3.05) is 23.0 Å². The zero-order valence-electron chi connectivity index (χ0n) is 16.7. The van der Waals surface area contributed by atoms with E-state index < -0.39 is 4.92 Å². The number of halogens is 2. The van der Waals surface area contributed by atoms with Crippen molar-refractivity contribution in [1.29, 1.82) is 0 Å². The lowest BCUT2D eigenvalue weighted by atomic mass is 10.1. The monoisotopic (exact) mass is 446 g/mol. The first-order valence-electron chi connectivity index (χ1n) is 9.37. The Labute approximate surface area is 184 Å². The molecule has 2 aromatic rings. The number of hydrogen-bond donors (Lipinski definition) is 0. The lowest BCUT2D eigenvalue weighted by molar-refractivity contribution is -0.384. The summed E-state index contributed by atoms with van der Waals surface area (Å²) in [4.78, 5) is 26.0. The molecule has 0 aliphatic carbocycles. The highest BCUT2D eigenvalue weighted by atomic mass is 35.5. The van der Waals surface area contributed by atoms with E-state index in [0.717, 1.165) is 0 Å². The molecule has 1 heterocycles. The van der Waals surface area contributed by atoms with E-state index >= 15 is 0 Å². The summed E-state index contributed by atoms with van der Waals surface area (Å²) in [6, 6.07) is 9.74. The van der Waals surface area contributed by atoms with Crippen molar-refractivity contribution >= 4 is 58.0 Å². The van der Waals surface area contributed by atoms with E-state index in [9.17, 15) is 14.9 Å². The fraction of sp³-hybridized carbons (Fsp3) is 0.238.